The SMILES string of the molecule is O=C(O)OC1(O)OOOOO1. The van der Waals surface area contributed by atoms with E-state index in [0.29, 0.717) is 0 Å². The average molecular weight is 170 g/mol. The predicted molar refractivity (Wildman–Crippen MR) is 19.5 cm³/mol. The van der Waals surface area contributed by atoms with E-state index in [-0.39, 0.29) is 0 Å². The quantitative estimate of drug-likeness (QED) is 0.291. The zero-order chi connectivity index (χ0) is 8.32. The van der Waals surface area contributed by atoms with Crippen molar-refractivity contribution in [1.29, 1.82) is 0 Å². The van der Waals surface area contributed by atoms with Crippen LogP contribution in [0.3, 0.4) is 0 Å². The van der Waals surface area contributed by atoms with Crippen LogP contribution in [0.15, 0.2) is 0 Å². The molecule has 0 aromatic rings. The predicted octanol–water partition coefficient (Wildman–Crippen LogP) is -0.959. The Kier molecular flexibility index (Phi) is 2.19. The minimum atomic E-state index is -2.97. The summed E-state index contributed by atoms with van der Waals surface area (Å²) < 4.78 is 3.58. The molecule has 0 aromatic carbocycles. The molecule has 0 radical (unpaired) electrons. The van der Waals surface area contributed by atoms with Crippen LogP contribution in [0.25, 0.3) is 0 Å². The van der Waals surface area contributed by atoms with Gasteiger partial charge < -0.3 is 14.9 Å². The molecule has 0 saturated carbocycles. The lowest BCUT2D eigenvalue weighted by atomic mass is 11.1. The highest BCUT2D eigenvalue weighted by Gasteiger charge is 2.43. The Labute approximate surface area is 58.2 Å². The molecule has 0 bridgehead atoms. The number of hydrogen-bond donors (Lipinski definition) is 2. The second-order valence-electron chi connectivity index (χ2n) is 1.26. The first kappa shape index (κ1) is 8.13. The Morgan fingerprint density at radius 1 is 1.27 bits per heavy atom. The third-order valence-electron chi connectivity index (χ3n) is 0.551. The summed E-state index contributed by atoms with van der Waals surface area (Å²) in [6, 6.07) is 0. The van der Waals surface area contributed by atoms with E-state index in [9.17, 15) is 4.79 Å². The first-order valence-corrected chi connectivity index (χ1v) is 2.13. The average Bonchev–Trinajstić information content (AvgIpc) is 1.85. The molecule has 0 aromatic heterocycles. The molecule has 1 aliphatic rings. The summed E-state index contributed by atoms with van der Waals surface area (Å²) in [5.41, 5.74) is 0. The summed E-state index contributed by atoms with van der Waals surface area (Å²) in [7, 11) is 0. The van der Waals surface area contributed by atoms with E-state index >= 15 is 0 Å². The maximum Gasteiger partial charge on any atom is 0.521 e. The van der Waals surface area contributed by atoms with Gasteiger partial charge in [0.2, 0.25) is 0 Å². The number of rotatable bonds is 1. The van der Waals surface area contributed by atoms with E-state index in [1.807, 2.05) is 0 Å². The Morgan fingerprint density at radius 3 is 2.27 bits per heavy atom. The summed E-state index contributed by atoms with van der Waals surface area (Å²) >= 11 is 0. The van der Waals surface area contributed by atoms with Gasteiger partial charge in [-0.25, -0.2) is 4.79 Å². The molecule has 11 heavy (non-hydrogen) atoms. The monoisotopic (exact) mass is 170 g/mol. The molecular weight excluding hydrogens is 168 g/mol. The van der Waals surface area contributed by atoms with Crippen molar-refractivity contribution in [2.24, 2.45) is 0 Å². The van der Waals surface area contributed by atoms with Gasteiger partial charge in [0.15, 0.2) is 0 Å². The molecule has 1 saturated heterocycles. The van der Waals surface area contributed by atoms with Gasteiger partial charge in [0, 0.05) is 0 Å². The van der Waals surface area contributed by atoms with Crippen molar-refractivity contribution < 1.29 is 44.6 Å². The van der Waals surface area contributed by atoms with E-state index in [4.69, 9.17) is 10.2 Å². The third kappa shape index (κ3) is 2.27. The first-order chi connectivity index (χ1) is 5.12. The largest absolute Gasteiger partial charge is 0.521 e. The highest BCUT2D eigenvalue weighted by molar-refractivity contribution is 5.56. The van der Waals surface area contributed by atoms with Gasteiger partial charge in [0.25, 0.3) is 0 Å². The fraction of sp³-hybridized carbons (Fsp3) is 0.500. The van der Waals surface area contributed by atoms with Crippen LogP contribution in [0, 0.1) is 0 Å². The molecule has 1 aliphatic heterocycles. The zero-order valence-corrected chi connectivity index (χ0v) is 4.75. The molecule has 0 aliphatic carbocycles. The van der Waals surface area contributed by atoms with Crippen LogP contribution >= 0.6 is 0 Å². The topological polar surface area (TPSA) is 113 Å². The Balaban J connectivity index is 2.43. The second kappa shape index (κ2) is 2.96. The molecule has 1 heterocycles. The molecule has 2 N–H and O–H groups in total. The normalized spacial score (nSPS) is 22.6. The Morgan fingerprint density at radius 2 is 1.82 bits per heavy atom. The van der Waals surface area contributed by atoms with Gasteiger partial charge in [-0.3, -0.25) is 0 Å². The van der Waals surface area contributed by atoms with E-state index in [2.05, 4.69) is 29.6 Å². The van der Waals surface area contributed by atoms with E-state index in [1.165, 1.54) is 0 Å². The van der Waals surface area contributed by atoms with Crippen LogP contribution in [0.2, 0.25) is 0 Å². The van der Waals surface area contributed by atoms with E-state index in [1.54, 1.807) is 0 Å². The molecule has 64 valence electrons. The molecule has 9 nitrogen and oxygen atoms in total. The van der Waals surface area contributed by atoms with Gasteiger partial charge in [0.1, 0.15) is 0 Å². The number of aliphatic hydroxyl groups is 1. The lowest BCUT2D eigenvalue weighted by molar-refractivity contribution is -0.850. The molecule has 0 atom stereocenters. The van der Waals surface area contributed by atoms with Crippen molar-refractivity contribution in [3.63, 3.8) is 0 Å². The zero-order valence-electron chi connectivity index (χ0n) is 4.75. The van der Waals surface area contributed by atoms with Crippen LogP contribution < -0.4 is 0 Å². The summed E-state index contributed by atoms with van der Waals surface area (Å²) in [5, 5.41) is 27.1. The van der Waals surface area contributed by atoms with Crippen LogP contribution in [0.4, 0.5) is 4.79 Å². The lowest BCUT2D eigenvalue weighted by Crippen LogP contribution is -2.43. The van der Waals surface area contributed by atoms with Gasteiger partial charge >= 0.3 is 12.3 Å². The standard InChI is InChI=1S/C2H2O9/c3-1(4)6-2(5)7-9-11-10-8-2/h5H,(H,3,4). The first-order valence-electron chi connectivity index (χ1n) is 2.13. The van der Waals surface area contributed by atoms with Crippen LogP contribution in [0.1, 0.15) is 0 Å². The highest BCUT2D eigenvalue weighted by atomic mass is 17.8. The lowest BCUT2D eigenvalue weighted by Gasteiger charge is -2.22. The minimum Gasteiger partial charge on any atom is -0.450 e. The minimum absolute atomic E-state index is 1.86. The summed E-state index contributed by atoms with van der Waals surface area (Å²) in [6.07, 6.45) is -4.83. The van der Waals surface area contributed by atoms with Crippen LogP contribution in [-0.4, -0.2) is 22.5 Å². The fourth-order valence-electron chi connectivity index (χ4n) is 0.283. The summed E-state index contributed by atoms with van der Waals surface area (Å²) in [6.45, 7) is 0. The van der Waals surface area contributed by atoms with E-state index < -0.39 is 12.3 Å². The number of hydrogen-bond acceptors (Lipinski definition) is 8. The molecular formula is C2H2O9. The third-order valence-corrected chi connectivity index (χ3v) is 0.551. The second-order valence-corrected chi connectivity index (χ2v) is 1.26. The van der Waals surface area contributed by atoms with Crippen LogP contribution in [-0.2, 0) is 29.6 Å². The number of ether oxygens (including phenoxy) is 1. The van der Waals surface area contributed by atoms with E-state index in [0.717, 1.165) is 0 Å². The van der Waals surface area contributed by atoms with Gasteiger partial charge in [-0.15, -0.1) is 0 Å². The molecule has 1 rings (SSSR count). The summed E-state index contributed by atoms with van der Waals surface area (Å²) in [4.78, 5) is 17.1. The summed E-state index contributed by atoms with van der Waals surface area (Å²) in [5.74, 6) is 0. The maximum absolute atomic E-state index is 9.78. The molecule has 0 unspecified atom stereocenters. The van der Waals surface area contributed by atoms with Gasteiger partial charge in [-0.05, 0) is 15.1 Å². The van der Waals surface area contributed by atoms with Gasteiger partial charge in [-0.1, -0.05) is 9.78 Å². The maximum atomic E-state index is 9.78. The smallest absolute Gasteiger partial charge is 0.450 e. The van der Waals surface area contributed by atoms with Gasteiger partial charge in [0.05, 0.1) is 0 Å². The van der Waals surface area contributed by atoms with Gasteiger partial charge in [-0.2, -0.15) is 0 Å². The van der Waals surface area contributed by atoms with Crippen LogP contribution in [0.5, 0.6) is 0 Å². The molecule has 0 spiro atoms. The molecule has 0 amide bonds. The van der Waals surface area contributed by atoms with Crippen molar-refractivity contribution in [3.8, 4) is 0 Å². The highest BCUT2D eigenvalue weighted by Crippen LogP contribution is 2.17. The fourth-order valence-corrected chi connectivity index (χ4v) is 0.283. The number of carbonyl (C=O) groups is 1. The van der Waals surface area contributed by atoms with Crippen molar-refractivity contribution in [2.45, 2.75) is 6.16 Å². The van der Waals surface area contributed by atoms with Crippen molar-refractivity contribution >= 4 is 6.16 Å². The Hall–Kier alpha value is -0.970. The van der Waals surface area contributed by atoms with Crippen molar-refractivity contribution in [2.75, 3.05) is 0 Å². The molecule has 1 fully saturated rings. The van der Waals surface area contributed by atoms with Crippen molar-refractivity contribution in [1.82, 2.24) is 0 Å². The molecule has 9 heteroatoms. The Bertz CT molecular complexity index is 146. The van der Waals surface area contributed by atoms with Crippen molar-refractivity contribution in [3.05, 3.63) is 0 Å². The number of carboxylic acid groups (broad SMARTS) is 1.